The minimum absolute atomic E-state index is 0.283. The molecule has 3 aromatic rings. The predicted octanol–water partition coefficient (Wildman–Crippen LogP) is 4.48. The molecular weight excluding hydrogens is 388 g/mol. The van der Waals surface area contributed by atoms with Gasteiger partial charge in [0.15, 0.2) is 5.82 Å². The van der Waals surface area contributed by atoms with Crippen molar-refractivity contribution in [1.82, 2.24) is 9.71 Å². The molecule has 0 bridgehead atoms. The molecule has 0 unspecified atom stereocenters. The number of pyridine rings is 1. The first-order chi connectivity index (χ1) is 14.8. The van der Waals surface area contributed by atoms with Crippen LogP contribution in [-0.2, 0) is 17.8 Å². The first-order valence-electron chi connectivity index (χ1n) is 10.7. The van der Waals surface area contributed by atoms with Gasteiger partial charge in [0.2, 0.25) is 0 Å². The van der Waals surface area contributed by atoms with Crippen LogP contribution < -0.4 is 9.74 Å². The number of nitriles is 1. The Hall–Kier alpha value is -3.33. The van der Waals surface area contributed by atoms with Crippen LogP contribution in [0.5, 0.6) is 0 Å². The molecule has 160 valence electrons. The Morgan fingerprint density at radius 2 is 1.97 bits per heavy atom. The van der Waals surface area contributed by atoms with Crippen molar-refractivity contribution >= 4 is 22.7 Å². The highest BCUT2D eigenvalue weighted by atomic mass is 16.7. The van der Waals surface area contributed by atoms with Gasteiger partial charge in [-0.15, -0.1) is 0 Å². The van der Waals surface area contributed by atoms with Crippen molar-refractivity contribution in [1.29, 1.82) is 5.26 Å². The second-order valence-electron chi connectivity index (χ2n) is 8.90. The minimum Gasteiger partial charge on any atom is -0.350 e. The molecule has 1 aromatic carbocycles. The molecule has 0 aliphatic carbocycles. The van der Waals surface area contributed by atoms with Crippen LogP contribution in [0.25, 0.3) is 10.9 Å². The number of hydrogen-bond acceptors (Lipinski definition) is 5. The van der Waals surface area contributed by atoms with Crippen molar-refractivity contribution in [2.45, 2.75) is 54.0 Å². The highest BCUT2D eigenvalue weighted by Crippen LogP contribution is 2.35. The Kier molecular flexibility index (Phi) is 5.22. The number of anilines is 1. The molecule has 0 saturated heterocycles. The number of aryl methyl sites for hydroxylation is 1. The standard InChI is InChI=1S/C25H28N4O2/c1-6-25(4,5)24(30)31-29-17(3)16(2)21-13-20(14-26)27-23(22(21)29)28-12-11-18-9-7-8-10-19(18)15-28/h7-10,13H,6,11-12,15H2,1-5H3. The summed E-state index contributed by atoms with van der Waals surface area (Å²) in [5.41, 5.74) is 4.92. The number of carbonyl (C=O) groups is 1. The molecule has 0 fully saturated rings. The van der Waals surface area contributed by atoms with Crippen molar-refractivity contribution < 1.29 is 9.63 Å². The zero-order chi connectivity index (χ0) is 22.3. The zero-order valence-corrected chi connectivity index (χ0v) is 18.8. The van der Waals surface area contributed by atoms with E-state index in [1.807, 2.05) is 40.7 Å². The molecule has 0 radical (unpaired) electrons. The minimum atomic E-state index is -0.596. The van der Waals surface area contributed by atoms with Crippen molar-refractivity contribution in [2.24, 2.45) is 5.41 Å². The summed E-state index contributed by atoms with van der Waals surface area (Å²) in [6, 6.07) is 12.4. The lowest BCUT2D eigenvalue weighted by atomic mass is 9.91. The van der Waals surface area contributed by atoms with Gasteiger partial charge in [0.05, 0.1) is 11.1 Å². The van der Waals surface area contributed by atoms with Crippen LogP contribution in [0.2, 0.25) is 0 Å². The van der Waals surface area contributed by atoms with Crippen LogP contribution in [0.1, 0.15) is 55.3 Å². The largest absolute Gasteiger partial charge is 0.350 e. The molecule has 1 aliphatic heterocycles. The van der Waals surface area contributed by atoms with E-state index in [-0.39, 0.29) is 5.97 Å². The summed E-state index contributed by atoms with van der Waals surface area (Å²) in [5.74, 6) is 0.399. The average molecular weight is 417 g/mol. The molecule has 2 aromatic heterocycles. The smallest absolute Gasteiger partial charge is 0.338 e. The van der Waals surface area contributed by atoms with Gasteiger partial charge in [-0.2, -0.15) is 9.99 Å². The maximum absolute atomic E-state index is 12.9. The van der Waals surface area contributed by atoms with Gasteiger partial charge in [0.25, 0.3) is 0 Å². The summed E-state index contributed by atoms with van der Waals surface area (Å²) in [6.45, 7) is 11.2. The Morgan fingerprint density at radius 3 is 2.65 bits per heavy atom. The van der Waals surface area contributed by atoms with Crippen LogP contribution in [0.3, 0.4) is 0 Å². The van der Waals surface area contributed by atoms with E-state index in [2.05, 4.69) is 34.2 Å². The number of nitrogens with zero attached hydrogens (tertiary/aromatic N) is 4. The lowest BCUT2D eigenvalue weighted by Gasteiger charge is -2.30. The van der Waals surface area contributed by atoms with Crippen LogP contribution in [0.15, 0.2) is 30.3 Å². The first kappa shape index (κ1) is 20.9. The van der Waals surface area contributed by atoms with E-state index in [4.69, 9.17) is 4.84 Å². The topological polar surface area (TPSA) is 71.1 Å². The third-order valence-electron chi connectivity index (χ3n) is 6.58. The maximum atomic E-state index is 12.9. The summed E-state index contributed by atoms with van der Waals surface area (Å²) >= 11 is 0. The van der Waals surface area contributed by atoms with Crippen LogP contribution in [0.4, 0.5) is 5.82 Å². The highest BCUT2D eigenvalue weighted by Gasteiger charge is 2.31. The van der Waals surface area contributed by atoms with E-state index in [0.29, 0.717) is 24.5 Å². The van der Waals surface area contributed by atoms with E-state index in [1.165, 1.54) is 11.1 Å². The van der Waals surface area contributed by atoms with Gasteiger partial charge < -0.3 is 9.74 Å². The summed E-state index contributed by atoms with van der Waals surface area (Å²) < 4.78 is 1.62. The Bertz CT molecular complexity index is 1220. The molecule has 6 nitrogen and oxygen atoms in total. The molecule has 3 heterocycles. The Morgan fingerprint density at radius 1 is 1.26 bits per heavy atom. The van der Waals surface area contributed by atoms with E-state index >= 15 is 0 Å². The Balaban J connectivity index is 1.88. The number of hydrogen-bond donors (Lipinski definition) is 0. The van der Waals surface area contributed by atoms with Gasteiger partial charge in [0.1, 0.15) is 17.3 Å². The lowest BCUT2D eigenvalue weighted by molar-refractivity contribution is -0.154. The molecule has 31 heavy (non-hydrogen) atoms. The average Bonchev–Trinajstić information content (AvgIpc) is 3.02. The summed E-state index contributed by atoms with van der Waals surface area (Å²) in [5, 5.41) is 10.5. The Labute approximate surface area is 183 Å². The molecule has 4 rings (SSSR count). The van der Waals surface area contributed by atoms with Crippen molar-refractivity contribution in [3.8, 4) is 6.07 Å². The molecule has 1 aliphatic rings. The monoisotopic (exact) mass is 416 g/mol. The lowest BCUT2D eigenvalue weighted by Crippen LogP contribution is -2.35. The number of aromatic nitrogens is 2. The normalized spacial score (nSPS) is 13.7. The van der Waals surface area contributed by atoms with Gasteiger partial charge in [-0.3, -0.25) is 0 Å². The van der Waals surface area contributed by atoms with Crippen LogP contribution in [0, 0.1) is 30.6 Å². The number of benzene rings is 1. The second-order valence-corrected chi connectivity index (χ2v) is 8.90. The highest BCUT2D eigenvalue weighted by molar-refractivity contribution is 5.95. The molecule has 0 atom stereocenters. The SMILES string of the molecule is CCC(C)(C)C(=O)On1c(C)c(C)c2cc(C#N)nc(N3CCc4ccccc4C3)c21. The zero-order valence-electron chi connectivity index (χ0n) is 18.8. The number of rotatable bonds is 4. The molecule has 0 saturated carbocycles. The van der Waals surface area contributed by atoms with Crippen molar-refractivity contribution in [3.63, 3.8) is 0 Å². The van der Waals surface area contributed by atoms with Gasteiger partial charge in [-0.05, 0) is 63.3 Å². The molecular formula is C25H28N4O2. The van der Waals surface area contributed by atoms with E-state index in [9.17, 15) is 10.1 Å². The van der Waals surface area contributed by atoms with Crippen LogP contribution in [-0.4, -0.2) is 22.2 Å². The molecule has 0 spiro atoms. The molecule has 6 heteroatoms. The third kappa shape index (κ3) is 3.54. The third-order valence-corrected chi connectivity index (χ3v) is 6.58. The molecule has 0 amide bonds. The predicted molar refractivity (Wildman–Crippen MR) is 121 cm³/mol. The van der Waals surface area contributed by atoms with E-state index in [1.54, 1.807) is 10.8 Å². The van der Waals surface area contributed by atoms with Gasteiger partial charge in [-0.25, -0.2) is 9.78 Å². The first-order valence-corrected chi connectivity index (χ1v) is 10.7. The molecule has 0 N–H and O–H groups in total. The fourth-order valence-corrected chi connectivity index (χ4v) is 3.95. The summed E-state index contributed by atoms with van der Waals surface area (Å²) in [7, 11) is 0. The number of fused-ring (bicyclic) bond motifs is 2. The fraction of sp³-hybridized carbons (Fsp3) is 0.400. The van der Waals surface area contributed by atoms with E-state index < -0.39 is 5.41 Å². The van der Waals surface area contributed by atoms with Crippen LogP contribution >= 0.6 is 0 Å². The van der Waals surface area contributed by atoms with Gasteiger partial charge >= 0.3 is 5.97 Å². The van der Waals surface area contributed by atoms with Crippen molar-refractivity contribution in [3.05, 3.63) is 58.4 Å². The fourth-order valence-electron chi connectivity index (χ4n) is 3.95. The summed E-state index contributed by atoms with van der Waals surface area (Å²) in [4.78, 5) is 25.7. The maximum Gasteiger partial charge on any atom is 0.338 e. The van der Waals surface area contributed by atoms with E-state index in [0.717, 1.165) is 35.1 Å². The quantitative estimate of drug-likeness (QED) is 0.627. The second kappa shape index (κ2) is 7.73. The summed E-state index contributed by atoms with van der Waals surface area (Å²) in [6.07, 6.45) is 1.58. The van der Waals surface area contributed by atoms with Gasteiger partial charge in [0, 0.05) is 18.5 Å². The van der Waals surface area contributed by atoms with Gasteiger partial charge in [-0.1, -0.05) is 31.2 Å². The van der Waals surface area contributed by atoms with Crippen molar-refractivity contribution in [2.75, 3.05) is 11.4 Å². The number of carbonyl (C=O) groups excluding carboxylic acids is 1.